The molecule has 4 fully saturated rings. The monoisotopic (exact) mass is 1900 g/mol. The zero-order chi connectivity index (χ0) is 97.1. The van der Waals surface area contributed by atoms with E-state index in [1.807, 2.05) is 125 Å². The van der Waals surface area contributed by atoms with E-state index in [9.17, 15) is 58.7 Å². The van der Waals surface area contributed by atoms with Crippen LogP contribution in [-0.4, -0.2) is 195 Å². The number of likely N-dealkylation sites (tertiary alicyclic amines) is 2. The number of nitrogens with one attached hydrogen (secondary N) is 2. The standard InChI is InChI=1S/C34H34ClF4N5O3.C33H35F4N5O2.C32H40F4N6O2/c1-34(2,3)29(43(32(35)45)18-23-17-42(19-28(23)39)33(46)47-20-21-8-5-4-6-9-21)31-40-30(26-15-25(37)12-13-27(26)38)41-44(31)16-22-10-7-11-24(36)14-22;1-33(2,3)29(38-16-23-18-41(19-28(23)37)32(43)44-20-21-8-5-4-6-9-21)31-39-30(26-15-25(35)12-13-27(26)36)40-42(31)17-22-10-7-11-24(34)14-22;1-19-15-40(16-20(2)44-19)31(43)41(18-22-13-37-14-27(22)36)28(32(3,4)5)30-38-29(25-12-24(34)9-10-26(25)35)39-42(30)17-21-7-6-8-23(33)11-21/h4-15,23,28-29H,16-20H2,1-3H3;4-15,23,28-29,38H,16-20H2,1-3H3;6-12,19-20,22,27-28,37H,13-18H2,1-5H3/t23-,28-,29-;23-,28+,29+;19-,20+,22-,27-,28-/m010/s1. The number of nitrogens with zero attached hydrogens (tertiary/aromatic N) is 14. The fraction of sp³-hybridized carbons (Fsp3) is 0.414. The van der Waals surface area contributed by atoms with Gasteiger partial charge in [0.15, 0.2) is 29.1 Å². The highest BCUT2D eigenvalue weighted by molar-refractivity contribution is 6.62. The molecule has 4 aliphatic heterocycles. The average molecular weight is 1900 g/mol. The number of benzene rings is 8. The van der Waals surface area contributed by atoms with Crippen molar-refractivity contribution in [3.05, 3.63) is 286 Å². The fourth-order valence-electron chi connectivity index (χ4n) is 17.3. The molecule has 0 saturated carbocycles. The SMILES string of the molecule is CC(C)(C)[C@@H](NC[C@@H]1CN(C(=O)OCc2ccccc2)C[C@@H]1F)c1nc(-c2cc(F)ccc2F)nn1Cc1cccc(F)c1.CC(C)(C)[C@H](c1nc(-c2cc(F)ccc2F)nn1Cc1cccc(F)c1)N(C[C@@H]1CN(C(=O)OCc2ccccc2)C[C@@H]1F)C(=O)Cl.C[C@@H]1CN(C(=O)N(C[C@@H]2CNC[C@@H]2F)[C@@H](c2nc(-c3cc(F)ccc3F)nn2Cc2cccc(F)c2)C(C)(C)C)C[C@H](C)O1. The van der Waals surface area contributed by atoms with Crippen LogP contribution in [0.1, 0.15) is 140 Å². The average Bonchev–Trinajstić information content (AvgIpc) is 1.66. The van der Waals surface area contributed by atoms with E-state index in [0.717, 1.165) is 65.7 Å². The minimum atomic E-state index is -1.50. The molecule has 4 aliphatic rings. The highest BCUT2D eigenvalue weighted by Gasteiger charge is 2.48. The second-order valence-electron chi connectivity index (χ2n) is 37.7. The summed E-state index contributed by atoms with van der Waals surface area (Å²) in [6, 6.07) is 42.4. The summed E-state index contributed by atoms with van der Waals surface area (Å²) >= 11 is 6.18. The molecule has 15 rings (SSSR count). The Bertz CT molecular complexity index is 5910. The summed E-state index contributed by atoms with van der Waals surface area (Å²) in [6.45, 7) is 22.3. The molecule has 4 saturated heterocycles. The lowest BCUT2D eigenvalue weighted by Crippen LogP contribution is -2.56. The summed E-state index contributed by atoms with van der Waals surface area (Å²) in [5.41, 5.74) is 0.803. The van der Waals surface area contributed by atoms with E-state index >= 15 is 13.2 Å². The number of ether oxygens (including phenoxy) is 3. The van der Waals surface area contributed by atoms with Gasteiger partial charge in [-0.05, 0) is 161 Å². The van der Waals surface area contributed by atoms with Crippen LogP contribution in [-0.2, 0) is 47.1 Å². The maximum absolute atomic E-state index is 15.5. The van der Waals surface area contributed by atoms with Crippen LogP contribution in [0.3, 0.4) is 0 Å². The molecule has 0 unspecified atom stereocenters. The Labute approximate surface area is 780 Å². The molecular weight excluding hydrogens is 1790 g/mol. The third kappa shape index (κ3) is 25.9. The van der Waals surface area contributed by atoms with Gasteiger partial charge in [-0.2, -0.15) is 15.3 Å². The molecule has 36 heteroatoms. The van der Waals surface area contributed by atoms with Crippen molar-refractivity contribution in [1.82, 2.24) is 79.4 Å². The second kappa shape index (κ2) is 43.6. The number of carbonyl (C=O) groups excluding carboxylic acids is 4. The molecule has 0 bridgehead atoms. The Morgan fingerprint density at radius 1 is 0.430 bits per heavy atom. The quantitative estimate of drug-likeness (QED) is 0.0308. The predicted octanol–water partition coefficient (Wildman–Crippen LogP) is 20.0. The Balaban J connectivity index is 0.000000172. The lowest BCUT2D eigenvalue weighted by molar-refractivity contribution is -0.0621. The van der Waals surface area contributed by atoms with Gasteiger partial charge in [0.1, 0.15) is 89.9 Å². The Hall–Kier alpha value is -12.2. The summed E-state index contributed by atoms with van der Waals surface area (Å²) < 4.78 is 196. The van der Waals surface area contributed by atoms with Gasteiger partial charge in [0.2, 0.25) is 0 Å². The van der Waals surface area contributed by atoms with Gasteiger partial charge in [0, 0.05) is 76.7 Å². The van der Waals surface area contributed by atoms with E-state index in [4.69, 9.17) is 30.8 Å². The predicted molar refractivity (Wildman–Crippen MR) is 483 cm³/mol. The van der Waals surface area contributed by atoms with E-state index in [-0.39, 0.29) is 143 Å². The van der Waals surface area contributed by atoms with Crippen LogP contribution in [0.2, 0.25) is 0 Å². The van der Waals surface area contributed by atoms with Crippen molar-refractivity contribution in [1.29, 1.82) is 0 Å². The molecule has 5 amide bonds. The number of hydrogen-bond acceptors (Lipinski definition) is 15. The smallest absolute Gasteiger partial charge is 0.410 e. The zero-order valence-electron chi connectivity index (χ0n) is 76.6. The maximum atomic E-state index is 15.5. The van der Waals surface area contributed by atoms with Gasteiger partial charge >= 0.3 is 23.6 Å². The van der Waals surface area contributed by atoms with Crippen LogP contribution >= 0.6 is 11.6 Å². The van der Waals surface area contributed by atoms with Crippen molar-refractivity contribution in [2.24, 2.45) is 34.0 Å². The number of morpholine rings is 1. The molecule has 0 radical (unpaired) electrons. The highest BCUT2D eigenvalue weighted by Crippen LogP contribution is 2.44. The van der Waals surface area contributed by atoms with Gasteiger partial charge in [-0.25, -0.2) is 96.1 Å². The number of alkyl halides is 3. The number of aromatic nitrogens is 9. The first kappa shape index (κ1) is 100. The van der Waals surface area contributed by atoms with Crippen LogP contribution in [0.15, 0.2) is 188 Å². The number of amides is 5. The van der Waals surface area contributed by atoms with E-state index in [1.54, 1.807) is 52.3 Å². The van der Waals surface area contributed by atoms with Crippen molar-refractivity contribution >= 4 is 35.2 Å². The summed E-state index contributed by atoms with van der Waals surface area (Å²) in [7, 11) is 0. The van der Waals surface area contributed by atoms with Crippen molar-refractivity contribution in [2.75, 3.05) is 72.0 Å². The van der Waals surface area contributed by atoms with Crippen LogP contribution in [0.4, 0.5) is 71.9 Å². The third-order valence-electron chi connectivity index (χ3n) is 23.7. The minimum absolute atomic E-state index is 0.0192. The molecule has 11 atom stereocenters. The van der Waals surface area contributed by atoms with E-state index in [0.29, 0.717) is 48.0 Å². The highest BCUT2D eigenvalue weighted by atomic mass is 35.5. The molecule has 7 heterocycles. The van der Waals surface area contributed by atoms with Crippen molar-refractivity contribution in [3.63, 3.8) is 0 Å². The molecule has 23 nitrogen and oxygen atoms in total. The largest absolute Gasteiger partial charge is 0.445 e. The van der Waals surface area contributed by atoms with Crippen molar-refractivity contribution in [2.45, 2.75) is 158 Å². The number of hydrogen-bond donors (Lipinski definition) is 2. The molecule has 135 heavy (non-hydrogen) atoms. The van der Waals surface area contributed by atoms with E-state index in [2.05, 4.69) is 35.9 Å². The molecule has 0 aliphatic carbocycles. The Kier molecular flexibility index (Phi) is 32.4. The summed E-state index contributed by atoms with van der Waals surface area (Å²) in [5.74, 6) is -6.81. The van der Waals surface area contributed by atoms with Crippen LogP contribution in [0.5, 0.6) is 0 Å². The number of urea groups is 1. The Morgan fingerprint density at radius 3 is 1.19 bits per heavy atom. The van der Waals surface area contributed by atoms with Crippen molar-refractivity contribution in [3.8, 4) is 34.2 Å². The number of carbonyl (C=O) groups is 4. The second-order valence-corrected chi connectivity index (χ2v) is 38.1. The van der Waals surface area contributed by atoms with E-state index in [1.165, 1.54) is 71.2 Å². The van der Waals surface area contributed by atoms with Gasteiger partial charge in [-0.15, -0.1) is 0 Å². The number of rotatable bonds is 25. The molecule has 2 N–H and O–H groups in total. The Morgan fingerprint density at radius 2 is 0.800 bits per heavy atom. The van der Waals surface area contributed by atoms with Crippen LogP contribution < -0.4 is 10.6 Å². The molecule has 11 aromatic rings. The van der Waals surface area contributed by atoms with Crippen LogP contribution in [0.25, 0.3) is 34.2 Å². The first-order valence-corrected chi connectivity index (χ1v) is 44.8. The summed E-state index contributed by atoms with van der Waals surface area (Å²) in [5, 5.41) is 19.1. The molecule has 8 aromatic carbocycles. The van der Waals surface area contributed by atoms with Crippen LogP contribution in [0, 0.1) is 86.4 Å². The van der Waals surface area contributed by atoms with Crippen molar-refractivity contribution < 1.29 is 86.1 Å². The van der Waals surface area contributed by atoms with Gasteiger partial charge in [0.25, 0.3) is 0 Å². The topological polar surface area (TPSA) is 228 Å². The molecule has 718 valence electrons. The summed E-state index contributed by atoms with van der Waals surface area (Å²) in [6.07, 6.45) is -5.60. The lowest BCUT2D eigenvalue weighted by atomic mass is 9.84. The van der Waals surface area contributed by atoms with Gasteiger partial charge in [-0.3, -0.25) is 4.79 Å². The molecule has 0 spiro atoms. The van der Waals surface area contributed by atoms with E-state index < -0.39 is 141 Å². The number of halogens is 13. The maximum Gasteiger partial charge on any atom is 0.410 e. The lowest BCUT2D eigenvalue weighted by Gasteiger charge is -2.45. The van der Waals surface area contributed by atoms with Gasteiger partial charge in [-0.1, -0.05) is 159 Å². The van der Waals surface area contributed by atoms with Gasteiger partial charge < -0.3 is 49.3 Å². The zero-order valence-corrected chi connectivity index (χ0v) is 77.4. The normalized spacial score (nSPS) is 19.2. The fourth-order valence-corrected chi connectivity index (χ4v) is 17.4. The first-order valence-electron chi connectivity index (χ1n) is 44.5. The summed E-state index contributed by atoms with van der Waals surface area (Å²) in [4.78, 5) is 74.2. The molecular formula is C99H109ClF12N16O7. The third-order valence-corrected chi connectivity index (χ3v) is 23.9. The first-order chi connectivity index (χ1) is 64.1. The molecule has 3 aromatic heterocycles. The van der Waals surface area contributed by atoms with Gasteiger partial charge in [0.05, 0.1) is 79.7 Å². The minimum Gasteiger partial charge on any atom is -0.445 e.